The Labute approximate surface area is 192 Å². The number of urea groups is 1. The molecule has 0 bridgehead atoms. The Bertz CT molecular complexity index is 1300. The first kappa shape index (κ1) is 23.9. The summed E-state index contributed by atoms with van der Waals surface area (Å²) in [4.78, 5) is 19.9. The van der Waals surface area contributed by atoms with Crippen molar-refractivity contribution in [3.63, 3.8) is 0 Å². The van der Waals surface area contributed by atoms with Gasteiger partial charge in [0.25, 0.3) is 5.82 Å². The maximum absolute atomic E-state index is 14.4. The Balaban J connectivity index is 1.88. The van der Waals surface area contributed by atoms with Gasteiger partial charge in [-0.15, -0.1) is 4.98 Å². The third-order valence-corrected chi connectivity index (χ3v) is 6.15. The SMILES string of the molecule is [C-]#[N+]c1cc(-c2cc(F)cc(C(C)C)c2NC(=O)NS(=O)(=O)CCc2ccccc2)ccn1. The summed E-state index contributed by atoms with van der Waals surface area (Å²) in [7, 11) is -3.91. The molecule has 0 aliphatic carbocycles. The summed E-state index contributed by atoms with van der Waals surface area (Å²) in [5.74, 6) is -0.846. The van der Waals surface area contributed by atoms with Crippen LogP contribution in [-0.4, -0.2) is 25.2 Å². The molecule has 0 atom stereocenters. The van der Waals surface area contributed by atoms with Crippen molar-refractivity contribution in [2.45, 2.75) is 26.2 Å². The van der Waals surface area contributed by atoms with Gasteiger partial charge in [-0.25, -0.2) is 22.3 Å². The maximum Gasteiger partial charge on any atom is 0.332 e. The van der Waals surface area contributed by atoms with Gasteiger partial charge in [0.05, 0.1) is 11.4 Å². The standard InChI is InChI=1S/C24H23FN4O3S/c1-16(2)20-14-19(25)15-21(18-9-11-27-22(13-18)26-3)23(20)28-24(30)29-33(31,32)12-10-17-7-5-4-6-8-17/h4-9,11,13-16H,10,12H2,1-2H3,(H2,28,29,30). The van der Waals surface area contributed by atoms with Gasteiger partial charge in [-0.3, -0.25) is 0 Å². The minimum Gasteiger partial charge on any atom is -0.361 e. The molecule has 2 amide bonds. The van der Waals surface area contributed by atoms with Crippen molar-refractivity contribution in [1.82, 2.24) is 9.71 Å². The molecule has 1 heterocycles. The number of benzene rings is 2. The van der Waals surface area contributed by atoms with Crippen molar-refractivity contribution in [1.29, 1.82) is 0 Å². The molecule has 0 fully saturated rings. The van der Waals surface area contributed by atoms with E-state index >= 15 is 0 Å². The van der Waals surface area contributed by atoms with E-state index in [0.717, 1.165) is 5.56 Å². The number of hydrogen-bond donors (Lipinski definition) is 2. The lowest BCUT2D eigenvalue weighted by atomic mass is 9.94. The zero-order valence-corrected chi connectivity index (χ0v) is 19.0. The van der Waals surface area contributed by atoms with Gasteiger partial charge in [-0.1, -0.05) is 50.8 Å². The molecule has 33 heavy (non-hydrogen) atoms. The molecular weight excluding hydrogens is 443 g/mol. The van der Waals surface area contributed by atoms with E-state index in [2.05, 4.69) is 15.1 Å². The second kappa shape index (κ2) is 10.2. The Morgan fingerprint density at radius 2 is 1.88 bits per heavy atom. The van der Waals surface area contributed by atoms with Crippen LogP contribution in [0.25, 0.3) is 16.0 Å². The Kier molecular flexibility index (Phi) is 7.41. The number of carbonyl (C=O) groups excluding carboxylic acids is 1. The summed E-state index contributed by atoms with van der Waals surface area (Å²) in [6, 6.07) is 13.7. The van der Waals surface area contributed by atoms with Crippen molar-refractivity contribution in [2.24, 2.45) is 0 Å². The molecule has 3 aromatic rings. The third-order valence-electron chi connectivity index (χ3n) is 4.92. The van der Waals surface area contributed by atoms with Crippen molar-refractivity contribution in [2.75, 3.05) is 11.1 Å². The van der Waals surface area contributed by atoms with E-state index in [9.17, 15) is 17.6 Å². The van der Waals surface area contributed by atoms with Crippen molar-refractivity contribution >= 4 is 27.6 Å². The van der Waals surface area contributed by atoms with Crippen LogP contribution in [0.4, 0.5) is 20.7 Å². The van der Waals surface area contributed by atoms with Crippen LogP contribution in [0.1, 0.15) is 30.9 Å². The normalized spacial score (nSPS) is 11.1. The first-order chi connectivity index (χ1) is 15.7. The van der Waals surface area contributed by atoms with Gasteiger partial charge in [-0.2, -0.15) is 0 Å². The molecule has 1 aromatic heterocycles. The summed E-state index contributed by atoms with van der Waals surface area (Å²) < 4.78 is 41.3. The lowest BCUT2D eigenvalue weighted by Gasteiger charge is -2.19. The van der Waals surface area contributed by atoms with E-state index < -0.39 is 21.9 Å². The van der Waals surface area contributed by atoms with Crippen LogP contribution < -0.4 is 10.0 Å². The molecule has 170 valence electrons. The maximum atomic E-state index is 14.4. The number of carbonyl (C=O) groups is 1. The fraction of sp³-hybridized carbons (Fsp3) is 0.208. The van der Waals surface area contributed by atoms with Gasteiger partial charge < -0.3 is 10.2 Å². The second-order valence-electron chi connectivity index (χ2n) is 7.70. The van der Waals surface area contributed by atoms with Crippen LogP contribution in [-0.2, 0) is 16.4 Å². The van der Waals surface area contributed by atoms with Crippen LogP contribution in [0.5, 0.6) is 0 Å². The molecule has 9 heteroatoms. The van der Waals surface area contributed by atoms with Gasteiger partial charge >= 0.3 is 6.03 Å². The fourth-order valence-corrected chi connectivity index (χ4v) is 4.27. The van der Waals surface area contributed by atoms with Gasteiger partial charge in [-0.05, 0) is 53.3 Å². The molecule has 0 unspecified atom stereocenters. The number of nitrogens with one attached hydrogen (secondary N) is 2. The lowest BCUT2D eigenvalue weighted by Crippen LogP contribution is -2.36. The molecule has 0 aliphatic rings. The number of nitrogens with zero attached hydrogens (tertiary/aromatic N) is 2. The second-order valence-corrected chi connectivity index (χ2v) is 9.54. The highest BCUT2D eigenvalue weighted by molar-refractivity contribution is 7.90. The number of rotatable bonds is 7. The molecule has 2 N–H and O–H groups in total. The number of aryl methyl sites for hydroxylation is 1. The summed E-state index contributed by atoms with van der Waals surface area (Å²) in [6.07, 6.45) is 1.67. The van der Waals surface area contributed by atoms with Gasteiger partial charge in [0, 0.05) is 5.56 Å². The topological polar surface area (TPSA) is 92.5 Å². The minimum atomic E-state index is -3.91. The number of aromatic nitrogens is 1. The predicted molar refractivity (Wildman–Crippen MR) is 126 cm³/mol. The van der Waals surface area contributed by atoms with Crippen molar-refractivity contribution in [3.05, 3.63) is 89.2 Å². The molecule has 0 saturated carbocycles. The molecule has 2 aromatic carbocycles. The first-order valence-electron chi connectivity index (χ1n) is 10.2. The van der Waals surface area contributed by atoms with Crippen LogP contribution in [0.2, 0.25) is 0 Å². The van der Waals surface area contributed by atoms with E-state index in [1.807, 2.05) is 36.8 Å². The van der Waals surface area contributed by atoms with E-state index in [1.54, 1.807) is 18.2 Å². The largest absolute Gasteiger partial charge is 0.361 e. The van der Waals surface area contributed by atoms with Gasteiger partial charge in [0.2, 0.25) is 10.0 Å². The van der Waals surface area contributed by atoms with Crippen LogP contribution in [0, 0.1) is 12.4 Å². The highest BCUT2D eigenvalue weighted by Crippen LogP contribution is 2.36. The monoisotopic (exact) mass is 466 g/mol. The quantitative estimate of drug-likeness (QED) is 0.465. The highest BCUT2D eigenvalue weighted by Gasteiger charge is 2.21. The minimum absolute atomic E-state index is 0.113. The summed E-state index contributed by atoms with van der Waals surface area (Å²) in [6.45, 7) is 10.8. The summed E-state index contributed by atoms with van der Waals surface area (Å²) >= 11 is 0. The molecular formula is C24H23FN4O3S. The number of halogens is 1. The first-order valence-corrected chi connectivity index (χ1v) is 11.9. The number of hydrogen-bond acceptors (Lipinski definition) is 4. The summed E-state index contributed by atoms with van der Waals surface area (Å²) in [5.41, 5.74) is 2.38. The average molecular weight is 467 g/mol. The Morgan fingerprint density at radius 3 is 2.55 bits per heavy atom. The average Bonchev–Trinajstić information content (AvgIpc) is 2.79. The molecule has 0 saturated heterocycles. The number of anilines is 1. The molecule has 7 nitrogen and oxygen atoms in total. The summed E-state index contributed by atoms with van der Waals surface area (Å²) in [5, 5.41) is 2.58. The zero-order valence-electron chi connectivity index (χ0n) is 18.2. The Hall–Kier alpha value is -3.77. The molecule has 3 rings (SSSR count). The van der Waals surface area contributed by atoms with Gasteiger partial charge in [0.1, 0.15) is 12.0 Å². The fourth-order valence-electron chi connectivity index (χ4n) is 3.33. The number of amides is 2. The van der Waals surface area contributed by atoms with Crippen LogP contribution >= 0.6 is 0 Å². The van der Waals surface area contributed by atoms with E-state index in [1.165, 1.54) is 24.4 Å². The predicted octanol–water partition coefficient (Wildman–Crippen LogP) is 5.26. The third kappa shape index (κ3) is 6.37. The van der Waals surface area contributed by atoms with Gasteiger partial charge in [0.15, 0.2) is 0 Å². The van der Waals surface area contributed by atoms with Crippen molar-refractivity contribution in [3.8, 4) is 11.1 Å². The Morgan fingerprint density at radius 1 is 1.15 bits per heavy atom. The van der Waals surface area contributed by atoms with E-state index in [0.29, 0.717) is 16.7 Å². The number of pyridine rings is 1. The zero-order chi connectivity index (χ0) is 24.0. The van der Waals surface area contributed by atoms with Crippen molar-refractivity contribution < 1.29 is 17.6 Å². The number of sulfonamides is 1. The molecule has 0 aliphatic heterocycles. The van der Waals surface area contributed by atoms with Crippen LogP contribution in [0.3, 0.4) is 0 Å². The van der Waals surface area contributed by atoms with E-state index in [-0.39, 0.29) is 29.6 Å². The lowest BCUT2D eigenvalue weighted by molar-refractivity contribution is 0.256. The smallest absolute Gasteiger partial charge is 0.332 e. The highest BCUT2D eigenvalue weighted by atomic mass is 32.2. The molecule has 0 spiro atoms. The van der Waals surface area contributed by atoms with E-state index in [4.69, 9.17) is 6.57 Å². The molecule has 0 radical (unpaired) electrons. The van der Waals surface area contributed by atoms with Crippen LogP contribution in [0.15, 0.2) is 60.8 Å².